The molecule has 2 aromatic rings. The van der Waals surface area contributed by atoms with Crippen molar-refractivity contribution in [2.75, 3.05) is 0 Å². The Morgan fingerprint density at radius 2 is 1.92 bits per heavy atom. The molecule has 1 N–H and O–H groups in total. The summed E-state index contributed by atoms with van der Waals surface area (Å²) in [6, 6.07) is 9.32. The van der Waals surface area contributed by atoms with Gasteiger partial charge in [-0.15, -0.1) is 0 Å². The molecule has 0 spiro atoms. The zero-order chi connectivity index (χ0) is 17.6. The predicted molar refractivity (Wildman–Crippen MR) is 85.1 cm³/mol. The minimum Gasteiger partial charge on any atom is -0.455 e. The van der Waals surface area contributed by atoms with Crippen LogP contribution in [0.4, 0.5) is 4.79 Å². The van der Waals surface area contributed by atoms with Crippen LogP contribution in [-0.2, 0) is 22.6 Å². The summed E-state index contributed by atoms with van der Waals surface area (Å²) in [7, 11) is 0. The van der Waals surface area contributed by atoms with Crippen molar-refractivity contribution in [3.05, 3.63) is 53.7 Å². The number of carbonyl (C=O) groups is 2. The van der Waals surface area contributed by atoms with Gasteiger partial charge in [-0.05, 0) is 26.3 Å². The Morgan fingerprint density at radius 3 is 2.58 bits per heavy atom. The SMILES string of the molecule is CC(C)(C)OC(=O)c1coc(CNC(=O)OCc2ccccc2)n1. The number of nitrogens with one attached hydrogen (secondary N) is 1. The summed E-state index contributed by atoms with van der Waals surface area (Å²) < 4.78 is 15.4. The fourth-order valence-corrected chi connectivity index (χ4v) is 1.74. The van der Waals surface area contributed by atoms with E-state index in [1.165, 1.54) is 6.26 Å². The molecule has 2 rings (SSSR count). The first-order valence-corrected chi connectivity index (χ1v) is 7.46. The fraction of sp³-hybridized carbons (Fsp3) is 0.353. The van der Waals surface area contributed by atoms with Crippen molar-refractivity contribution in [2.45, 2.75) is 39.5 Å². The van der Waals surface area contributed by atoms with Gasteiger partial charge in [0, 0.05) is 0 Å². The molecule has 7 heteroatoms. The second-order valence-corrected chi connectivity index (χ2v) is 6.04. The van der Waals surface area contributed by atoms with Crippen LogP contribution in [0.15, 0.2) is 41.0 Å². The van der Waals surface area contributed by atoms with Crippen molar-refractivity contribution in [1.82, 2.24) is 10.3 Å². The quantitative estimate of drug-likeness (QED) is 0.846. The Morgan fingerprint density at radius 1 is 1.21 bits per heavy atom. The number of carbonyl (C=O) groups excluding carboxylic acids is 2. The monoisotopic (exact) mass is 332 g/mol. The number of amides is 1. The third kappa shape index (κ3) is 5.75. The van der Waals surface area contributed by atoms with Crippen LogP contribution < -0.4 is 5.32 Å². The zero-order valence-corrected chi connectivity index (χ0v) is 13.9. The van der Waals surface area contributed by atoms with Crippen molar-refractivity contribution < 1.29 is 23.5 Å². The number of hydrogen-bond acceptors (Lipinski definition) is 6. The molecule has 7 nitrogen and oxygen atoms in total. The first kappa shape index (κ1) is 17.5. The normalized spacial score (nSPS) is 11.0. The third-order valence-corrected chi connectivity index (χ3v) is 2.76. The lowest BCUT2D eigenvalue weighted by molar-refractivity contribution is 0.00627. The van der Waals surface area contributed by atoms with Crippen molar-refractivity contribution in [3.63, 3.8) is 0 Å². The van der Waals surface area contributed by atoms with E-state index in [2.05, 4.69) is 10.3 Å². The van der Waals surface area contributed by atoms with Crippen LogP contribution in [0, 0.1) is 0 Å². The Labute approximate surface area is 140 Å². The molecule has 0 aliphatic carbocycles. The van der Waals surface area contributed by atoms with Crippen molar-refractivity contribution in [3.8, 4) is 0 Å². The molecule has 0 saturated heterocycles. The summed E-state index contributed by atoms with van der Waals surface area (Å²) in [5.41, 5.74) is 0.325. The van der Waals surface area contributed by atoms with Crippen LogP contribution in [0.2, 0.25) is 0 Å². The first-order valence-electron chi connectivity index (χ1n) is 7.46. The summed E-state index contributed by atoms with van der Waals surface area (Å²) in [4.78, 5) is 27.4. The highest BCUT2D eigenvalue weighted by Crippen LogP contribution is 2.12. The first-order chi connectivity index (χ1) is 11.3. The molecule has 0 atom stereocenters. The summed E-state index contributed by atoms with van der Waals surface area (Å²) in [5.74, 6) is -0.392. The van der Waals surface area contributed by atoms with Gasteiger partial charge in [-0.25, -0.2) is 14.6 Å². The molecule has 0 fully saturated rings. The van der Waals surface area contributed by atoms with Crippen LogP contribution >= 0.6 is 0 Å². The van der Waals surface area contributed by atoms with Gasteiger partial charge in [-0.3, -0.25) is 0 Å². The van der Waals surface area contributed by atoms with Gasteiger partial charge < -0.3 is 19.2 Å². The van der Waals surface area contributed by atoms with E-state index in [-0.39, 0.29) is 24.7 Å². The summed E-state index contributed by atoms with van der Waals surface area (Å²) in [6.07, 6.45) is 0.594. The number of rotatable bonds is 5. The Hall–Kier alpha value is -2.83. The molecule has 0 unspecified atom stereocenters. The number of ether oxygens (including phenoxy) is 2. The van der Waals surface area contributed by atoms with Crippen molar-refractivity contribution in [1.29, 1.82) is 0 Å². The number of esters is 1. The maximum atomic E-state index is 11.8. The van der Waals surface area contributed by atoms with Gasteiger partial charge in [0.15, 0.2) is 5.69 Å². The van der Waals surface area contributed by atoms with Gasteiger partial charge >= 0.3 is 12.1 Å². The molecule has 0 radical (unpaired) electrons. The van der Waals surface area contributed by atoms with Crippen LogP contribution in [0.25, 0.3) is 0 Å². The van der Waals surface area contributed by atoms with Crippen molar-refractivity contribution >= 4 is 12.1 Å². The highest BCUT2D eigenvalue weighted by Gasteiger charge is 2.21. The molecule has 1 amide bonds. The number of hydrogen-bond donors (Lipinski definition) is 1. The average Bonchev–Trinajstić information content (AvgIpc) is 2.99. The lowest BCUT2D eigenvalue weighted by Gasteiger charge is -2.18. The van der Waals surface area contributed by atoms with Gasteiger partial charge in [0.2, 0.25) is 5.89 Å². The molecule has 0 bridgehead atoms. The van der Waals surface area contributed by atoms with E-state index in [0.29, 0.717) is 0 Å². The molecule has 1 aromatic carbocycles. The van der Waals surface area contributed by atoms with Gasteiger partial charge in [0.05, 0.1) is 6.54 Å². The molecule has 0 saturated carbocycles. The predicted octanol–water partition coefficient (Wildman–Crippen LogP) is 3.06. The van der Waals surface area contributed by atoms with E-state index >= 15 is 0 Å². The van der Waals surface area contributed by atoms with E-state index in [4.69, 9.17) is 13.9 Å². The van der Waals surface area contributed by atoms with E-state index in [0.717, 1.165) is 5.56 Å². The maximum absolute atomic E-state index is 11.8. The van der Waals surface area contributed by atoms with Crippen LogP contribution in [-0.4, -0.2) is 22.6 Å². The van der Waals surface area contributed by atoms with Crippen LogP contribution in [0.5, 0.6) is 0 Å². The molecule has 1 aromatic heterocycles. The molecular formula is C17H20N2O5. The minimum absolute atomic E-state index is 0.0103. The molecule has 1 heterocycles. The second kappa shape index (κ2) is 7.63. The zero-order valence-electron chi connectivity index (χ0n) is 13.9. The summed E-state index contributed by atoms with van der Waals surface area (Å²) in [6.45, 7) is 5.46. The topological polar surface area (TPSA) is 90.7 Å². The van der Waals surface area contributed by atoms with Gasteiger partial charge in [0.25, 0.3) is 0 Å². The maximum Gasteiger partial charge on any atom is 0.407 e. The fourth-order valence-electron chi connectivity index (χ4n) is 1.74. The van der Waals surface area contributed by atoms with E-state index in [1.807, 2.05) is 30.3 Å². The number of aromatic nitrogens is 1. The van der Waals surface area contributed by atoms with E-state index < -0.39 is 17.7 Å². The molecule has 0 aliphatic rings. The number of alkyl carbamates (subject to hydrolysis) is 1. The van der Waals surface area contributed by atoms with Gasteiger partial charge in [-0.1, -0.05) is 30.3 Å². The van der Waals surface area contributed by atoms with E-state index in [1.54, 1.807) is 20.8 Å². The smallest absolute Gasteiger partial charge is 0.407 e. The number of benzene rings is 1. The average molecular weight is 332 g/mol. The molecular weight excluding hydrogens is 312 g/mol. The Balaban J connectivity index is 1.78. The highest BCUT2D eigenvalue weighted by molar-refractivity contribution is 5.87. The van der Waals surface area contributed by atoms with Crippen LogP contribution in [0.1, 0.15) is 42.7 Å². The minimum atomic E-state index is -0.615. The van der Waals surface area contributed by atoms with E-state index in [9.17, 15) is 9.59 Å². The largest absolute Gasteiger partial charge is 0.455 e. The lowest BCUT2D eigenvalue weighted by atomic mass is 10.2. The lowest BCUT2D eigenvalue weighted by Crippen LogP contribution is -2.25. The van der Waals surface area contributed by atoms with Crippen LogP contribution in [0.3, 0.4) is 0 Å². The molecule has 0 aliphatic heterocycles. The van der Waals surface area contributed by atoms with Gasteiger partial charge in [0.1, 0.15) is 18.5 Å². The van der Waals surface area contributed by atoms with Gasteiger partial charge in [-0.2, -0.15) is 0 Å². The number of nitrogens with zero attached hydrogens (tertiary/aromatic N) is 1. The standard InChI is InChI=1S/C17H20N2O5/c1-17(2,3)24-15(20)13-11-22-14(19-13)9-18-16(21)23-10-12-7-5-4-6-8-12/h4-8,11H,9-10H2,1-3H3,(H,18,21). The third-order valence-electron chi connectivity index (χ3n) is 2.76. The summed E-state index contributed by atoms with van der Waals surface area (Å²) >= 11 is 0. The molecule has 24 heavy (non-hydrogen) atoms. The van der Waals surface area contributed by atoms with Crippen molar-refractivity contribution in [2.24, 2.45) is 0 Å². The molecule has 128 valence electrons. The summed E-state index contributed by atoms with van der Waals surface area (Å²) in [5, 5.41) is 2.50. The Kier molecular flexibility index (Phi) is 5.57. The number of oxazole rings is 1. The highest BCUT2D eigenvalue weighted by atomic mass is 16.6. The second-order valence-electron chi connectivity index (χ2n) is 6.04. The Bertz CT molecular complexity index is 689.